The molecule has 2 N–H and O–H groups in total. The zero-order valence-electron chi connectivity index (χ0n) is 13.8. The van der Waals surface area contributed by atoms with E-state index in [2.05, 4.69) is 48.8 Å². The number of halogens is 1. The van der Waals surface area contributed by atoms with Crippen molar-refractivity contribution < 1.29 is 4.79 Å². The van der Waals surface area contributed by atoms with Gasteiger partial charge in [-0.15, -0.1) is 0 Å². The lowest BCUT2D eigenvalue weighted by atomic mass is 10.1. The van der Waals surface area contributed by atoms with Gasteiger partial charge < -0.3 is 10.6 Å². The second kappa shape index (κ2) is 6.57. The third-order valence-corrected chi connectivity index (χ3v) is 5.30. The van der Waals surface area contributed by atoms with Crippen LogP contribution in [0.3, 0.4) is 0 Å². The second-order valence-electron chi connectivity index (χ2n) is 6.20. The summed E-state index contributed by atoms with van der Waals surface area (Å²) < 4.78 is 2.42. The molecule has 0 saturated heterocycles. The first-order valence-electron chi connectivity index (χ1n) is 8.21. The van der Waals surface area contributed by atoms with Crippen molar-refractivity contribution in [3.05, 3.63) is 63.5 Å². The normalized spacial score (nSPS) is 14.0. The molecule has 0 atom stereocenters. The Morgan fingerprint density at radius 2 is 2.00 bits per heavy atom. The van der Waals surface area contributed by atoms with Crippen LogP contribution in [0.15, 0.2) is 41.0 Å². The van der Waals surface area contributed by atoms with E-state index in [1.54, 1.807) is 16.8 Å². The van der Waals surface area contributed by atoms with Crippen LogP contribution in [-0.2, 0) is 19.4 Å². The first-order chi connectivity index (χ1) is 12.2. The molecule has 0 saturated carbocycles. The molecule has 25 heavy (non-hydrogen) atoms. The van der Waals surface area contributed by atoms with Crippen LogP contribution < -0.4 is 10.6 Å². The minimum absolute atomic E-state index is 0.115. The van der Waals surface area contributed by atoms with Crippen molar-refractivity contribution in [2.45, 2.75) is 25.4 Å². The van der Waals surface area contributed by atoms with E-state index in [4.69, 9.17) is 0 Å². The Labute approximate surface area is 153 Å². The van der Waals surface area contributed by atoms with Gasteiger partial charge in [0.05, 0.1) is 10.2 Å². The van der Waals surface area contributed by atoms with Crippen LogP contribution >= 0.6 is 15.9 Å². The topological polar surface area (TPSA) is 71.3 Å². The van der Waals surface area contributed by atoms with Gasteiger partial charge in [-0.2, -0.15) is 5.10 Å². The highest BCUT2D eigenvalue weighted by molar-refractivity contribution is 9.10. The number of carbonyl (C=O) groups excluding carboxylic acids is 1. The van der Waals surface area contributed by atoms with Gasteiger partial charge >= 0.3 is 0 Å². The highest BCUT2D eigenvalue weighted by atomic mass is 79.9. The fraction of sp³-hybridized carbons (Fsp3) is 0.278. The van der Waals surface area contributed by atoms with Crippen LogP contribution in [0.25, 0.3) is 5.65 Å². The van der Waals surface area contributed by atoms with Crippen LogP contribution in [-0.4, -0.2) is 33.6 Å². The zero-order chi connectivity index (χ0) is 17.4. The molecule has 0 fully saturated rings. The van der Waals surface area contributed by atoms with E-state index in [-0.39, 0.29) is 11.9 Å². The number of amides is 1. The SMILES string of the molecule is CNCc1nn2c(C(=O)NC3Cc4ccccc4C3)ccnc2c1Br. The fourth-order valence-corrected chi connectivity index (χ4v) is 3.82. The Bertz CT molecular complexity index is 927. The maximum atomic E-state index is 12.8. The van der Waals surface area contributed by atoms with Gasteiger partial charge in [0.1, 0.15) is 5.69 Å². The third kappa shape index (κ3) is 2.94. The number of rotatable bonds is 4. The van der Waals surface area contributed by atoms with Crippen LogP contribution in [0.4, 0.5) is 0 Å². The van der Waals surface area contributed by atoms with Gasteiger partial charge in [0.2, 0.25) is 0 Å². The highest BCUT2D eigenvalue weighted by Gasteiger charge is 2.24. The molecular weight excluding hydrogens is 382 g/mol. The first-order valence-corrected chi connectivity index (χ1v) is 9.01. The molecule has 1 aliphatic rings. The Balaban J connectivity index is 1.60. The van der Waals surface area contributed by atoms with Gasteiger partial charge in [-0.1, -0.05) is 24.3 Å². The van der Waals surface area contributed by atoms with E-state index in [1.165, 1.54) is 11.1 Å². The molecule has 4 rings (SSSR count). The molecule has 2 aromatic heterocycles. The maximum Gasteiger partial charge on any atom is 0.270 e. The second-order valence-corrected chi connectivity index (χ2v) is 7.00. The predicted molar refractivity (Wildman–Crippen MR) is 98.6 cm³/mol. The summed E-state index contributed by atoms with van der Waals surface area (Å²) in [4.78, 5) is 17.2. The zero-order valence-corrected chi connectivity index (χ0v) is 15.4. The number of hydrogen-bond acceptors (Lipinski definition) is 4. The molecule has 128 valence electrons. The van der Waals surface area contributed by atoms with Gasteiger partial charge in [0.15, 0.2) is 5.65 Å². The summed E-state index contributed by atoms with van der Waals surface area (Å²) in [5.74, 6) is -0.129. The monoisotopic (exact) mass is 399 g/mol. The lowest BCUT2D eigenvalue weighted by Gasteiger charge is -2.12. The molecule has 0 spiro atoms. The summed E-state index contributed by atoms with van der Waals surface area (Å²) in [6, 6.07) is 10.2. The van der Waals surface area contributed by atoms with Crippen molar-refractivity contribution in [1.29, 1.82) is 0 Å². The van der Waals surface area contributed by atoms with Crippen molar-refractivity contribution in [1.82, 2.24) is 25.2 Å². The lowest BCUT2D eigenvalue weighted by Crippen LogP contribution is -2.36. The standard InChI is InChI=1S/C18H18BrN5O/c1-20-10-14-16(19)17-21-7-6-15(24(17)23-14)18(25)22-13-8-11-4-2-3-5-12(11)9-13/h2-7,13,20H,8-10H2,1H3,(H,22,25). The molecule has 0 aliphatic heterocycles. The summed E-state index contributed by atoms with van der Waals surface area (Å²) in [6.07, 6.45) is 3.37. The van der Waals surface area contributed by atoms with Gasteiger partial charge in [-0.25, -0.2) is 9.50 Å². The largest absolute Gasteiger partial charge is 0.347 e. The van der Waals surface area contributed by atoms with Gasteiger partial charge in [-0.05, 0) is 53.0 Å². The van der Waals surface area contributed by atoms with E-state index in [9.17, 15) is 4.79 Å². The molecule has 1 aliphatic carbocycles. The van der Waals surface area contributed by atoms with Crippen LogP contribution in [0, 0.1) is 0 Å². The number of nitrogens with one attached hydrogen (secondary N) is 2. The molecule has 1 amide bonds. The minimum Gasteiger partial charge on any atom is -0.347 e. The van der Waals surface area contributed by atoms with Gasteiger partial charge in [0, 0.05) is 18.8 Å². The molecule has 0 radical (unpaired) electrons. The minimum atomic E-state index is -0.129. The van der Waals surface area contributed by atoms with E-state index < -0.39 is 0 Å². The van der Waals surface area contributed by atoms with Gasteiger partial charge in [0.25, 0.3) is 5.91 Å². The highest BCUT2D eigenvalue weighted by Crippen LogP contribution is 2.23. The maximum absolute atomic E-state index is 12.8. The Morgan fingerprint density at radius 1 is 1.28 bits per heavy atom. The molecule has 1 aromatic carbocycles. The molecule has 7 heteroatoms. The van der Waals surface area contributed by atoms with E-state index in [1.807, 2.05) is 19.2 Å². The van der Waals surface area contributed by atoms with Crippen molar-refractivity contribution in [3.63, 3.8) is 0 Å². The van der Waals surface area contributed by atoms with Crippen molar-refractivity contribution in [3.8, 4) is 0 Å². The van der Waals surface area contributed by atoms with Gasteiger partial charge in [-0.3, -0.25) is 4.79 Å². The molecular formula is C18H18BrN5O. The number of carbonyl (C=O) groups is 1. The smallest absolute Gasteiger partial charge is 0.270 e. The Morgan fingerprint density at radius 3 is 2.68 bits per heavy atom. The summed E-state index contributed by atoms with van der Waals surface area (Å²) >= 11 is 3.53. The van der Waals surface area contributed by atoms with Crippen molar-refractivity contribution in [2.75, 3.05) is 7.05 Å². The predicted octanol–water partition coefficient (Wildman–Crippen LogP) is 2.11. The Kier molecular flexibility index (Phi) is 4.27. The number of hydrogen-bond donors (Lipinski definition) is 2. The van der Waals surface area contributed by atoms with Crippen LogP contribution in [0.1, 0.15) is 27.3 Å². The average molecular weight is 400 g/mol. The molecule has 6 nitrogen and oxygen atoms in total. The lowest BCUT2D eigenvalue weighted by molar-refractivity contribution is 0.0931. The van der Waals surface area contributed by atoms with Crippen molar-refractivity contribution in [2.24, 2.45) is 0 Å². The first kappa shape index (κ1) is 16.2. The summed E-state index contributed by atoms with van der Waals surface area (Å²) in [5.41, 5.74) is 4.58. The molecule has 0 unspecified atom stereocenters. The van der Waals surface area contributed by atoms with Crippen LogP contribution in [0.5, 0.6) is 0 Å². The average Bonchev–Trinajstić information content (AvgIpc) is 3.16. The fourth-order valence-electron chi connectivity index (χ4n) is 3.33. The molecule has 0 bridgehead atoms. The number of aromatic nitrogens is 3. The third-order valence-electron chi connectivity index (χ3n) is 4.49. The van der Waals surface area contributed by atoms with E-state index in [0.29, 0.717) is 17.9 Å². The Hall–Kier alpha value is -2.25. The summed E-state index contributed by atoms with van der Waals surface area (Å²) in [7, 11) is 1.86. The van der Waals surface area contributed by atoms with E-state index in [0.717, 1.165) is 23.0 Å². The quantitative estimate of drug-likeness (QED) is 0.704. The molecule has 3 aromatic rings. The van der Waals surface area contributed by atoms with E-state index >= 15 is 0 Å². The number of benzene rings is 1. The van der Waals surface area contributed by atoms with Crippen molar-refractivity contribution >= 4 is 27.5 Å². The number of fused-ring (bicyclic) bond motifs is 2. The molecule has 2 heterocycles. The van der Waals surface area contributed by atoms with Crippen LogP contribution in [0.2, 0.25) is 0 Å². The summed E-state index contributed by atoms with van der Waals surface area (Å²) in [6.45, 7) is 0.600. The number of nitrogens with zero attached hydrogens (tertiary/aromatic N) is 3. The summed E-state index contributed by atoms with van der Waals surface area (Å²) in [5, 5.41) is 10.7.